The molecule has 0 aliphatic heterocycles. The van der Waals surface area contributed by atoms with Crippen molar-refractivity contribution in [2.75, 3.05) is 0 Å². The lowest BCUT2D eigenvalue weighted by Gasteiger charge is -2.06. The number of amides is 1. The van der Waals surface area contributed by atoms with E-state index in [9.17, 15) is 4.79 Å². The summed E-state index contributed by atoms with van der Waals surface area (Å²) in [6, 6.07) is 15.4. The topological polar surface area (TPSA) is 76.1 Å². The van der Waals surface area contributed by atoms with Crippen molar-refractivity contribution in [2.24, 2.45) is 5.73 Å². The van der Waals surface area contributed by atoms with Crippen molar-refractivity contribution in [1.29, 1.82) is 5.26 Å². The molecule has 1 amide bonds. The van der Waals surface area contributed by atoms with E-state index in [4.69, 9.17) is 15.7 Å². The highest BCUT2D eigenvalue weighted by atomic mass is 16.5. The zero-order valence-electron chi connectivity index (χ0n) is 9.46. The van der Waals surface area contributed by atoms with Crippen LogP contribution in [0.3, 0.4) is 0 Å². The number of carbonyl (C=O) groups excluding carboxylic acids is 1. The number of hydrogen-bond donors (Lipinski definition) is 1. The number of hydrogen-bond acceptors (Lipinski definition) is 3. The summed E-state index contributed by atoms with van der Waals surface area (Å²) in [4.78, 5) is 10.9. The van der Waals surface area contributed by atoms with E-state index in [-0.39, 0.29) is 0 Å². The van der Waals surface area contributed by atoms with E-state index in [1.54, 1.807) is 48.5 Å². The lowest BCUT2D eigenvalue weighted by atomic mass is 10.2. The van der Waals surface area contributed by atoms with Crippen molar-refractivity contribution in [1.82, 2.24) is 0 Å². The minimum atomic E-state index is -0.479. The Morgan fingerprint density at radius 2 is 1.83 bits per heavy atom. The van der Waals surface area contributed by atoms with Crippen LogP contribution in [-0.4, -0.2) is 5.91 Å². The number of nitriles is 1. The van der Waals surface area contributed by atoms with Gasteiger partial charge in [0.15, 0.2) is 0 Å². The Bertz CT molecular complexity index is 612. The first kappa shape index (κ1) is 11.7. The fourth-order valence-corrected chi connectivity index (χ4v) is 1.45. The molecule has 88 valence electrons. The smallest absolute Gasteiger partial charge is 0.248 e. The van der Waals surface area contributed by atoms with E-state index in [2.05, 4.69) is 0 Å². The number of primary amides is 1. The summed E-state index contributed by atoms with van der Waals surface area (Å²) < 4.78 is 5.55. The van der Waals surface area contributed by atoms with Crippen LogP contribution >= 0.6 is 0 Å². The zero-order valence-corrected chi connectivity index (χ0v) is 9.46. The SMILES string of the molecule is N#Cc1cccc(Oc2ccc(C(N)=O)cc2)c1. The fraction of sp³-hybridized carbons (Fsp3) is 0. The molecular formula is C14H10N2O2. The number of rotatable bonds is 3. The third-order valence-corrected chi connectivity index (χ3v) is 2.34. The van der Waals surface area contributed by atoms with Gasteiger partial charge < -0.3 is 10.5 Å². The van der Waals surface area contributed by atoms with Gasteiger partial charge in [0.05, 0.1) is 11.6 Å². The molecule has 2 aromatic carbocycles. The minimum Gasteiger partial charge on any atom is -0.457 e. The average Bonchev–Trinajstić information content (AvgIpc) is 2.39. The van der Waals surface area contributed by atoms with Crippen LogP contribution in [0.1, 0.15) is 15.9 Å². The molecule has 4 heteroatoms. The van der Waals surface area contributed by atoms with E-state index in [1.165, 1.54) is 0 Å². The van der Waals surface area contributed by atoms with Gasteiger partial charge in [0.25, 0.3) is 0 Å². The maximum Gasteiger partial charge on any atom is 0.248 e. The summed E-state index contributed by atoms with van der Waals surface area (Å²) in [6.45, 7) is 0. The Morgan fingerprint density at radius 3 is 2.44 bits per heavy atom. The number of nitrogens with two attached hydrogens (primary N) is 1. The average molecular weight is 238 g/mol. The molecule has 18 heavy (non-hydrogen) atoms. The first-order valence-corrected chi connectivity index (χ1v) is 5.27. The molecule has 0 spiro atoms. The number of carbonyl (C=O) groups is 1. The summed E-state index contributed by atoms with van der Waals surface area (Å²) in [5, 5.41) is 8.77. The van der Waals surface area contributed by atoms with Crippen LogP contribution in [0.2, 0.25) is 0 Å². The molecule has 4 nitrogen and oxygen atoms in total. The van der Waals surface area contributed by atoms with E-state index in [0.717, 1.165) is 0 Å². The third kappa shape index (κ3) is 2.66. The Balaban J connectivity index is 2.18. The molecule has 2 N–H and O–H groups in total. The van der Waals surface area contributed by atoms with Crippen molar-refractivity contribution in [3.8, 4) is 17.6 Å². The number of ether oxygens (including phenoxy) is 1. The maximum atomic E-state index is 10.9. The molecule has 0 fully saturated rings. The molecule has 2 aromatic rings. The Kier molecular flexibility index (Phi) is 3.26. The summed E-state index contributed by atoms with van der Waals surface area (Å²) in [5.41, 5.74) is 6.09. The molecule has 0 bridgehead atoms. The molecule has 0 heterocycles. The predicted molar refractivity (Wildman–Crippen MR) is 66.2 cm³/mol. The number of nitrogens with zero attached hydrogens (tertiary/aromatic N) is 1. The lowest BCUT2D eigenvalue weighted by Crippen LogP contribution is -2.10. The van der Waals surface area contributed by atoms with E-state index < -0.39 is 5.91 Å². The molecular weight excluding hydrogens is 228 g/mol. The molecule has 0 aliphatic carbocycles. The van der Waals surface area contributed by atoms with Crippen LogP contribution in [0.25, 0.3) is 0 Å². The van der Waals surface area contributed by atoms with Crippen LogP contribution < -0.4 is 10.5 Å². The summed E-state index contributed by atoms with van der Waals surface area (Å²) >= 11 is 0. The van der Waals surface area contributed by atoms with Gasteiger partial charge in [-0.05, 0) is 42.5 Å². The molecule has 0 unspecified atom stereocenters. The Labute approximate surface area is 104 Å². The normalized spacial score (nSPS) is 9.50. The number of benzene rings is 2. The summed E-state index contributed by atoms with van der Waals surface area (Å²) in [6.07, 6.45) is 0. The second-order valence-corrected chi connectivity index (χ2v) is 3.63. The molecule has 0 saturated heterocycles. The highest BCUT2D eigenvalue weighted by Gasteiger charge is 2.02. The summed E-state index contributed by atoms with van der Waals surface area (Å²) in [5.74, 6) is 0.670. The minimum absolute atomic E-state index is 0.424. The molecule has 2 rings (SSSR count). The van der Waals surface area contributed by atoms with Gasteiger partial charge in [0.1, 0.15) is 11.5 Å². The largest absolute Gasteiger partial charge is 0.457 e. The summed E-state index contributed by atoms with van der Waals surface area (Å²) in [7, 11) is 0. The highest BCUT2D eigenvalue weighted by molar-refractivity contribution is 5.92. The van der Waals surface area contributed by atoms with E-state index in [1.807, 2.05) is 6.07 Å². The van der Waals surface area contributed by atoms with Gasteiger partial charge >= 0.3 is 0 Å². The second kappa shape index (κ2) is 5.02. The van der Waals surface area contributed by atoms with Crippen molar-refractivity contribution >= 4 is 5.91 Å². The fourth-order valence-electron chi connectivity index (χ4n) is 1.45. The van der Waals surface area contributed by atoms with Crippen LogP contribution in [0.4, 0.5) is 0 Å². The zero-order chi connectivity index (χ0) is 13.0. The first-order chi connectivity index (χ1) is 8.69. The van der Waals surface area contributed by atoms with Gasteiger partial charge in [0, 0.05) is 5.56 Å². The third-order valence-electron chi connectivity index (χ3n) is 2.34. The molecule has 0 aromatic heterocycles. The van der Waals surface area contributed by atoms with Crippen LogP contribution in [0, 0.1) is 11.3 Å². The van der Waals surface area contributed by atoms with Crippen LogP contribution in [0.15, 0.2) is 48.5 Å². The molecule has 0 radical (unpaired) electrons. The van der Waals surface area contributed by atoms with Crippen LogP contribution in [-0.2, 0) is 0 Å². The maximum absolute atomic E-state index is 10.9. The van der Waals surface area contributed by atoms with Crippen molar-refractivity contribution < 1.29 is 9.53 Å². The monoisotopic (exact) mass is 238 g/mol. The van der Waals surface area contributed by atoms with Gasteiger partial charge in [-0.15, -0.1) is 0 Å². The molecule has 0 aliphatic rings. The Hall–Kier alpha value is -2.80. The van der Waals surface area contributed by atoms with Crippen molar-refractivity contribution in [3.05, 3.63) is 59.7 Å². The highest BCUT2D eigenvalue weighted by Crippen LogP contribution is 2.22. The lowest BCUT2D eigenvalue weighted by molar-refractivity contribution is 0.100. The van der Waals surface area contributed by atoms with E-state index >= 15 is 0 Å². The van der Waals surface area contributed by atoms with Gasteiger partial charge in [-0.2, -0.15) is 5.26 Å². The van der Waals surface area contributed by atoms with Gasteiger partial charge in [-0.3, -0.25) is 4.79 Å². The molecule has 0 atom stereocenters. The molecule has 0 saturated carbocycles. The standard InChI is InChI=1S/C14H10N2O2/c15-9-10-2-1-3-13(8-10)18-12-6-4-11(5-7-12)14(16)17/h1-8H,(H2,16,17). The second-order valence-electron chi connectivity index (χ2n) is 3.63. The Morgan fingerprint density at radius 1 is 1.11 bits per heavy atom. The van der Waals surface area contributed by atoms with Crippen LogP contribution in [0.5, 0.6) is 11.5 Å². The van der Waals surface area contributed by atoms with Gasteiger partial charge in [-0.25, -0.2) is 0 Å². The first-order valence-electron chi connectivity index (χ1n) is 5.27. The van der Waals surface area contributed by atoms with E-state index in [0.29, 0.717) is 22.6 Å². The van der Waals surface area contributed by atoms with Gasteiger partial charge in [-0.1, -0.05) is 6.07 Å². The van der Waals surface area contributed by atoms with Gasteiger partial charge in [0.2, 0.25) is 5.91 Å². The van der Waals surface area contributed by atoms with Crippen molar-refractivity contribution in [3.63, 3.8) is 0 Å². The predicted octanol–water partition coefficient (Wildman–Crippen LogP) is 2.45. The quantitative estimate of drug-likeness (QED) is 0.892. The van der Waals surface area contributed by atoms with Crippen molar-refractivity contribution in [2.45, 2.75) is 0 Å².